The van der Waals surface area contributed by atoms with Crippen molar-refractivity contribution in [3.63, 3.8) is 0 Å². The first-order valence-electron chi connectivity index (χ1n) is 10.2. The largest absolute Gasteiger partial charge is 0.333 e. The molecule has 1 aliphatic heterocycles. The second kappa shape index (κ2) is 7.58. The summed E-state index contributed by atoms with van der Waals surface area (Å²) in [5, 5.41) is 6.89. The van der Waals surface area contributed by atoms with E-state index in [9.17, 15) is 4.79 Å². The normalized spacial score (nSPS) is 13.3. The second-order valence-electron chi connectivity index (χ2n) is 7.84. The second-order valence-corrected chi connectivity index (χ2v) is 8.79. The first kappa shape index (κ1) is 18.8. The standard InChI is InChI=1S/C25H23N3OS/c1-17-9-10-22(18(2)14-17)28-23(15-21(26-28)24-8-5-13-30-24)25(29)27-12-11-19-6-3-4-7-20(19)16-27/h3-10,13-15H,11-12,16H2,1-2H3. The van der Waals surface area contributed by atoms with E-state index in [0.717, 1.165) is 34.8 Å². The van der Waals surface area contributed by atoms with Gasteiger partial charge in [0.25, 0.3) is 5.91 Å². The fraction of sp³-hybridized carbons (Fsp3) is 0.200. The monoisotopic (exact) mass is 413 g/mol. The van der Waals surface area contributed by atoms with Gasteiger partial charge in [-0.2, -0.15) is 5.10 Å². The maximum Gasteiger partial charge on any atom is 0.272 e. The van der Waals surface area contributed by atoms with Crippen LogP contribution in [0.2, 0.25) is 0 Å². The van der Waals surface area contributed by atoms with Gasteiger partial charge in [-0.1, -0.05) is 48.0 Å². The molecule has 5 rings (SSSR count). The van der Waals surface area contributed by atoms with E-state index in [1.165, 1.54) is 16.7 Å². The molecule has 0 fully saturated rings. The van der Waals surface area contributed by atoms with E-state index in [2.05, 4.69) is 50.2 Å². The fourth-order valence-corrected chi connectivity index (χ4v) is 4.82. The highest BCUT2D eigenvalue weighted by atomic mass is 32.1. The summed E-state index contributed by atoms with van der Waals surface area (Å²) in [5.41, 5.74) is 7.27. The summed E-state index contributed by atoms with van der Waals surface area (Å²) >= 11 is 1.64. The minimum Gasteiger partial charge on any atom is -0.333 e. The average molecular weight is 414 g/mol. The highest BCUT2D eigenvalue weighted by molar-refractivity contribution is 7.13. The predicted molar refractivity (Wildman–Crippen MR) is 121 cm³/mol. The van der Waals surface area contributed by atoms with Crippen molar-refractivity contribution in [3.05, 3.63) is 94.0 Å². The highest BCUT2D eigenvalue weighted by Gasteiger charge is 2.26. The highest BCUT2D eigenvalue weighted by Crippen LogP contribution is 2.29. The zero-order valence-electron chi connectivity index (χ0n) is 17.1. The summed E-state index contributed by atoms with van der Waals surface area (Å²) in [5.74, 6) is 0.0276. The third-order valence-electron chi connectivity index (χ3n) is 5.70. The average Bonchev–Trinajstić information content (AvgIpc) is 3.43. The van der Waals surface area contributed by atoms with Gasteiger partial charge in [-0.05, 0) is 60.5 Å². The number of rotatable bonds is 3. The maximum absolute atomic E-state index is 13.6. The Morgan fingerprint density at radius 2 is 1.83 bits per heavy atom. The van der Waals surface area contributed by atoms with Gasteiger partial charge in [0.15, 0.2) is 0 Å². The van der Waals surface area contributed by atoms with Gasteiger partial charge in [0.2, 0.25) is 0 Å². The fourth-order valence-electron chi connectivity index (χ4n) is 4.14. The molecule has 5 heteroatoms. The molecule has 0 saturated carbocycles. The van der Waals surface area contributed by atoms with Crippen LogP contribution in [0.25, 0.3) is 16.3 Å². The molecule has 0 bridgehead atoms. The zero-order chi connectivity index (χ0) is 20.7. The van der Waals surface area contributed by atoms with Crippen molar-refractivity contribution in [2.24, 2.45) is 0 Å². The van der Waals surface area contributed by atoms with Crippen molar-refractivity contribution < 1.29 is 4.79 Å². The third kappa shape index (κ3) is 3.35. The summed E-state index contributed by atoms with van der Waals surface area (Å²) < 4.78 is 1.83. The van der Waals surface area contributed by atoms with Gasteiger partial charge >= 0.3 is 0 Å². The molecule has 0 unspecified atom stereocenters. The van der Waals surface area contributed by atoms with Crippen molar-refractivity contribution in [1.82, 2.24) is 14.7 Å². The summed E-state index contributed by atoms with van der Waals surface area (Å²) in [4.78, 5) is 16.6. The lowest BCUT2D eigenvalue weighted by Crippen LogP contribution is -2.37. The molecular formula is C25H23N3OS. The van der Waals surface area contributed by atoms with E-state index >= 15 is 0 Å². The van der Waals surface area contributed by atoms with Gasteiger partial charge in [0, 0.05) is 13.1 Å². The third-order valence-corrected chi connectivity index (χ3v) is 6.59. The van der Waals surface area contributed by atoms with Crippen LogP contribution in [-0.4, -0.2) is 27.1 Å². The summed E-state index contributed by atoms with van der Waals surface area (Å²) in [6.45, 7) is 5.51. The van der Waals surface area contributed by atoms with Gasteiger partial charge in [-0.3, -0.25) is 4.79 Å². The van der Waals surface area contributed by atoms with Gasteiger partial charge < -0.3 is 4.90 Å². The Labute approximate surface area is 180 Å². The Balaban J connectivity index is 1.57. The van der Waals surface area contributed by atoms with Crippen molar-refractivity contribution in [2.75, 3.05) is 6.54 Å². The zero-order valence-corrected chi connectivity index (χ0v) is 17.9. The van der Waals surface area contributed by atoms with Crippen LogP contribution >= 0.6 is 11.3 Å². The molecule has 4 aromatic rings. The van der Waals surface area contributed by atoms with Gasteiger partial charge in [-0.15, -0.1) is 11.3 Å². The summed E-state index contributed by atoms with van der Waals surface area (Å²) in [6, 6.07) is 20.6. The number of carbonyl (C=O) groups is 1. The number of hydrogen-bond donors (Lipinski definition) is 0. The molecule has 0 saturated heterocycles. The molecule has 3 heterocycles. The van der Waals surface area contributed by atoms with E-state index in [1.54, 1.807) is 11.3 Å². The Morgan fingerprint density at radius 3 is 2.60 bits per heavy atom. The Hall–Kier alpha value is -3.18. The van der Waals surface area contributed by atoms with Gasteiger partial charge in [0.1, 0.15) is 11.4 Å². The van der Waals surface area contributed by atoms with Crippen LogP contribution in [0.15, 0.2) is 66.0 Å². The lowest BCUT2D eigenvalue weighted by Gasteiger charge is -2.29. The van der Waals surface area contributed by atoms with Crippen molar-refractivity contribution in [3.8, 4) is 16.3 Å². The lowest BCUT2D eigenvalue weighted by molar-refractivity contribution is 0.0725. The Kier molecular flexibility index (Phi) is 4.75. The van der Waals surface area contributed by atoms with Crippen LogP contribution in [0.5, 0.6) is 0 Å². The molecule has 0 atom stereocenters. The number of amides is 1. The van der Waals surface area contributed by atoms with Crippen LogP contribution in [-0.2, 0) is 13.0 Å². The molecule has 0 aliphatic carbocycles. The minimum absolute atomic E-state index is 0.0276. The van der Waals surface area contributed by atoms with Crippen molar-refractivity contribution in [2.45, 2.75) is 26.8 Å². The van der Waals surface area contributed by atoms with Crippen LogP contribution < -0.4 is 0 Å². The van der Waals surface area contributed by atoms with Gasteiger partial charge in [-0.25, -0.2) is 4.68 Å². The molecule has 0 radical (unpaired) electrons. The van der Waals surface area contributed by atoms with Gasteiger partial charge in [0.05, 0.1) is 10.6 Å². The van der Waals surface area contributed by atoms with E-state index in [0.29, 0.717) is 12.2 Å². The summed E-state index contributed by atoms with van der Waals surface area (Å²) in [6.07, 6.45) is 0.886. The lowest BCUT2D eigenvalue weighted by atomic mass is 10.00. The molecule has 0 spiro atoms. The minimum atomic E-state index is 0.0276. The van der Waals surface area contributed by atoms with Crippen molar-refractivity contribution >= 4 is 17.2 Å². The number of aryl methyl sites for hydroxylation is 2. The molecule has 4 nitrogen and oxygen atoms in total. The van der Waals surface area contributed by atoms with E-state index < -0.39 is 0 Å². The number of nitrogens with zero attached hydrogens (tertiary/aromatic N) is 3. The maximum atomic E-state index is 13.6. The number of fused-ring (bicyclic) bond motifs is 1. The number of benzene rings is 2. The molecular weight excluding hydrogens is 390 g/mol. The van der Waals surface area contributed by atoms with E-state index in [1.807, 2.05) is 39.2 Å². The number of thiophene rings is 1. The van der Waals surface area contributed by atoms with Crippen LogP contribution in [0.3, 0.4) is 0 Å². The topological polar surface area (TPSA) is 38.1 Å². The van der Waals surface area contributed by atoms with Crippen LogP contribution in [0.1, 0.15) is 32.7 Å². The van der Waals surface area contributed by atoms with E-state index in [4.69, 9.17) is 5.10 Å². The quantitative estimate of drug-likeness (QED) is 0.450. The Morgan fingerprint density at radius 1 is 1.00 bits per heavy atom. The first-order chi connectivity index (χ1) is 14.6. The molecule has 30 heavy (non-hydrogen) atoms. The molecule has 150 valence electrons. The molecule has 1 amide bonds. The molecule has 2 aromatic heterocycles. The number of hydrogen-bond acceptors (Lipinski definition) is 3. The van der Waals surface area contributed by atoms with Crippen LogP contribution in [0.4, 0.5) is 0 Å². The smallest absolute Gasteiger partial charge is 0.272 e. The Bertz CT molecular complexity index is 1220. The number of carbonyl (C=O) groups excluding carboxylic acids is 1. The van der Waals surface area contributed by atoms with Crippen LogP contribution in [0, 0.1) is 13.8 Å². The molecule has 0 N–H and O–H groups in total. The molecule has 1 aliphatic rings. The van der Waals surface area contributed by atoms with E-state index in [-0.39, 0.29) is 5.91 Å². The summed E-state index contributed by atoms with van der Waals surface area (Å²) in [7, 11) is 0. The first-order valence-corrected chi connectivity index (χ1v) is 11.1. The van der Waals surface area contributed by atoms with Crippen molar-refractivity contribution in [1.29, 1.82) is 0 Å². The molecule has 2 aromatic carbocycles. The predicted octanol–water partition coefficient (Wildman–Crippen LogP) is 5.42. The number of aromatic nitrogens is 2. The SMILES string of the molecule is Cc1ccc(-n2nc(-c3cccs3)cc2C(=O)N2CCc3ccccc3C2)c(C)c1.